The van der Waals surface area contributed by atoms with E-state index in [-0.39, 0.29) is 22.0 Å². The maximum atomic E-state index is 13.4. The molecule has 0 fully saturated rings. The highest BCUT2D eigenvalue weighted by Crippen LogP contribution is 2.28. The van der Waals surface area contributed by atoms with E-state index in [1.165, 1.54) is 35.7 Å². The van der Waals surface area contributed by atoms with Crippen LogP contribution in [0.4, 0.5) is 4.39 Å². The maximum absolute atomic E-state index is 13.4. The van der Waals surface area contributed by atoms with Gasteiger partial charge in [-0.2, -0.15) is 4.31 Å². The molecule has 0 spiro atoms. The summed E-state index contributed by atoms with van der Waals surface area (Å²) in [6, 6.07) is 2.27. The molecule has 2 rings (SSSR count). The van der Waals surface area contributed by atoms with Gasteiger partial charge in [-0.15, -0.1) is 11.3 Å². The van der Waals surface area contributed by atoms with Gasteiger partial charge in [0.15, 0.2) is 0 Å². The lowest BCUT2D eigenvalue weighted by molar-refractivity contribution is 0.469. The van der Waals surface area contributed by atoms with Crippen LogP contribution in [0, 0.1) is 19.7 Å². The number of benzene rings is 1. The summed E-state index contributed by atoms with van der Waals surface area (Å²) in [6.45, 7) is 3.54. The summed E-state index contributed by atoms with van der Waals surface area (Å²) in [5.41, 5.74) is 0.236. The summed E-state index contributed by atoms with van der Waals surface area (Å²) >= 11 is 7.31. The summed E-state index contributed by atoms with van der Waals surface area (Å²) in [6.07, 6.45) is 1.64. The summed E-state index contributed by atoms with van der Waals surface area (Å²) in [7, 11) is -2.33. The molecule has 8 heteroatoms. The normalized spacial score (nSPS) is 12.1. The SMILES string of the molecule is Cc1ncc(CN(C)S(=O)(=O)c2cc(C)c(F)cc2Cl)s1. The van der Waals surface area contributed by atoms with E-state index in [1.807, 2.05) is 6.92 Å². The van der Waals surface area contributed by atoms with Crippen LogP contribution in [-0.4, -0.2) is 24.8 Å². The lowest BCUT2D eigenvalue weighted by Crippen LogP contribution is -2.26. The summed E-state index contributed by atoms with van der Waals surface area (Å²) in [4.78, 5) is 4.83. The quantitative estimate of drug-likeness (QED) is 0.851. The van der Waals surface area contributed by atoms with E-state index in [0.29, 0.717) is 0 Å². The van der Waals surface area contributed by atoms with Crippen LogP contribution in [0.3, 0.4) is 0 Å². The summed E-state index contributed by atoms with van der Waals surface area (Å²) in [5.74, 6) is -0.528. The fourth-order valence-electron chi connectivity index (χ4n) is 1.78. The highest BCUT2D eigenvalue weighted by molar-refractivity contribution is 7.89. The van der Waals surface area contributed by atoms with Crippen LogP contribution in [0.5, 0.6) is 0 Å². The number of aromatic nitrogens is 1. The largest absolute Gasteiger partial charge is 0.250 e. The molecule has 1 aromatic heterocycles. The Morgan fingerprint density at radius 1 is 1.38 bits per heavy atom. The van der Waals surface area contributed by atoms with Gasteiger partial charge in [0.25, 0.3) is 0 Å². The van der Waals surface area contributed by atoms with Crippen LogP contribution >= 0.6 is 22.9 Å². The molecule has 1 aromatic carbocycles. The van der Waals surface area contributed by atoms with Gasteiger partial charge in [0, 0.05) is 24.7 Å². The van der Waals surface area contributed by atoms with Gasteiger partial charge >= 0.3 is 0 Å². The Morgan fingerprint density at radius 2 is 2.05 bits per heavy atom. The van der Waals surface area contributed by atoms with E-state index in [4.69, 9.17) is 11.6 Å². The van der Waals surface area contributed by atoms with Crippen molar-refractivity contribution in [2.24, 2.45) is 0 Å². The molecule has 0 N–H and O–H groups in total. The van der Waals surface area contributed by atoms with E-state index in [9.17, 15) is 12.8 Å². The van der Waals surface area contributed by atoms with Gasteiger partial charge in [-0.25, -0.2) is 17.8 Å². The summed E-state index contributed by atoms with van der Waals surface area (Å²) in [5, 5.41) is 0.747. The minimum atomic E-state index is -3.78. The molecule has 4 nitrogen and oxygen atoms in total. The molecule has 21 heavy (non-hydrogen) atoms. The Kier molecular flexibility index (Phi) is 4.67. The monoisotopic (exact) mass is 348 g/mol. The molecule has 114 valence electrons. The number of halogens is 2. The Morgan fingerprint density at radius 3 is 2.62 bits per heavy atom. The number of hydrogen-bond donors (Lipinski definition) is 0. The number of nitrogens with zero attached hydrogens (tertiary/aromatic N) is 2. The first-order valence-electron chi connectivity index (χ1n) is 6.05. The van der Waals surface area contributed by atoms with Crippen molar-refractivity contribution in [3.05, 3.63) is 44.6 Å². The Bertz CT molecular complexity index is 774. The van der Waals surface area contributed by atoms with Gasteiger partial charge < -0.3 is 0 Å². The van der Waals surface area contributed by atoms with Gasteiger partial charge in [0.2, 0.25) is 10.0 Å². The zero-order valence-electron chi connectivity index (χ0n) is 11.7. The minimum absolute atomic E-state index is 0.0909. The van der Waals surface area contributed by atoms with E-state index in [2.05, 4.69) is 4.98 Å². The number of hydrogen-bond acceptors (Lipinski definition) is 4. The third-order valence-corrected chi connectivity index (χ3v) is 6.11. The lowest BCUT2D eigenvalue weighted by Gasteiger charge is -2.17. The average molecular weight is 349 g/mol. The highest BCUT2D eigenvalue weighted by Gasteiger charge is 2.25. The van der Waals surface area contributed by atoms with Crippen molar-refractivity contribution in [3.8, 4) is 0 Å². The molecular weight excluding hydrogens is 335 g/mol. The van der Waals surface area contributed by atoms with Gasteiger partial charge in [-0.05, 0) is 31.5 Å². The van der Waals surface area contributed by atoms with Crippen LogP contribution < -0.4 is 0 Å². The molecule has 0 atom stereocenters. The van der Waals surface area contributed by atoms with Crippen LogP contribution in [0.15, 0.2) is 23.2 Å². The second-order valence-electron chi connectivity index (χ2n) is 4.64. The zero-order chi connectivity index (χ0) is 15.8. The van der Waals surface area contributed by atoms with Crippen LogP contribution in [0.25, 0.3) is 0 Å². The molecule has 0 aliphatic rings. The van der Waals surface area contributed by atoms with Gasteiger partial charge in [0.1, 0.15) is 10.7 Å². The van der Waals surface area contributed by atoms with Crippen molar-refractivity contribution >= 4 is 33.0 Å². The fourth-order valence-corrected chi connectivity index (χ4v) is 4.43. The summed E-state index contributed by atoms with van der Waals surface area (Å²) < 4.78 is 39.6. The third-order valence-electron chi connectivity index (χ3n) is 2.95. The first kappa shape index (κ1) is 16.4. The second kappa shape index (κ2) is 6.00. The average Bonchev–Trinajstić information content (AvgIpc) is 2.79. The molecule has 0 radical (unpaired) electrons. The topological polar surface area (TPSA) is 50.3 Å². The minimum Gasteiger partial charge on any atom is -0.250 e. The van der Waals surface area contributed by atoms with Crippen molar-refractivity contribution in [3.63, 3.8) is 0 Å². The molecule has 2 aromatic rings. The van der Waals surface area contributed by atoms with Crippen LogP contribution in [-0.2, 0) is 16.6 Å². The van der Waals surface area contributed by atoms with Gasteiger partial charge in [-0.1, -0.05) is 11.6 Å². The Balaban J connectivity index is 2.35. The molecule has 0 aliphatic heterocycles. The van der Waals surface area contributed by atoms with Crippen molar-refractivity contribution in [2.75, 3.05) is 7.05 Å². The smallest absolute Gasteiger partial charge is 0.244 e. The molecular formula is C13H14ClFN2O2S2. The predicted octanol–water partition coefficient (Wildman–Crippen LogP) is 3.37. The first-order valence-corrected chi connectivity index (χ1v) is 8.68. The highest BCUT2D eigenvalue weighted by atomic mass is 35.5. The molecule has 1 heterocycles. The van der Waals surface area contributed by atoms with Crippen molar-refractivity contribution in [2.45, 2.75) is 25.3 Å². The van der Waals surface area contributed by atoms with Crippen molar-refractivity contribution in [1.82, 2.24) is 9.29 Å². The molecule has 0 aliphatic carbocycles. The van der Waals surface area contributed by atoms with Crippen LogP contribution in [0.2, 0.25) is 5.02 Å². The van der Waals surface area contributed by atoms with Crippen molar-refractivity contribution < 1.29 is 12.8 Å². The molecule has 0 saturated carbocycles. The number of aryl methyl sites for hydroxylation is 2. The fraction of sp³-hybridized carbons (Fsp3) is 0.308. The van der Waals surface area contributed by atoms with Crippen LogP contribution in [0.1, 0.15) is 15.4 Å². The van der Waals surface area contributed by atoms with Crippen molar-refractivity contribution in [1.29, 1.82) is 0 Å². The second-order valence-corrected chi connectivity index (χ2v) is 8.38. The number of rotatable bonds is 4. The number of sulfonamides is 1. The lowest BCUT2D eigenvalue weighted by atomic mass is 10.2. The maximum Gasteiger partial charge on any atom is 0.244 e. The van der Waals surface area contributed by atoms with E-state index >= 15 is 0 Å². The predicted molar refractivity (Wildman–Crippen MR) is 81.7 cm³/mol. The molecule has 0 bridgehead atoms. The number of thiazole rings is 1. The molecule has 0 amide bonds. The van der Waals surface area contributed by atoms with E-state index in [0.717, 1.165) is 16.0 Å². The third kappa shape index (κ3) is 3.42. The first-order chi connectivity index (χ1) is 9.71. The molecule has 0 unspecified atom stereocenters. The molecule has 0 saturated heterocycles. The Hall–Kier alpha value is -1.02. The van der Waals surface area contributed by atoms with Gasteiger partial charge in [-0.3, -0.25) is 0 Å². The van der Waals surface area contributed by atoms with E-state index in [1.54, 1.807) is 6.20 Å². The van der Waals surface area contributed by atoms with Gasteiger partial charge in [0.05, 0.1) is 10.0 Å². The van der Waals surface area contributed by atoms with E-state index < -0.39 is 15.8 Å². The standard InChI is InChI=1S/C13H14ClFN2O2S2/c1-8-4-13(11(14)5-12(8)15)21(18,19)17(3)7-10-6-16-9(2)20-10/h4-6H,7H2,1-3H3. The zero-order valence-corrected chi connectivity index (χ0v) is 14.1. The Labute approximate surface area is 132 Å².